The minimum atomic E-state index is -4.50. The van der Waals surface area contributed by atoms with Gasteiger partial charge in [0, 0.05) is 18.7 Å². The number of rotatable bonds is 5. The highest BCUT2D eigenvalue weighted by Crippen LogP contribution is 2.40. The van der Waals surface area contributed by atoms with Crippen LogP contribution in [0.4, 0.5) is 35.2 Å². The monoisotopic (exact) mass is 557 g/mol. The van der Waals surface area contributed by atoms with E-state index >= 15 is 0 Å². The molecule has 40 heavy (non-hydrogen) atoms. The van der Waals surface area contributed by atoms with Gasteiger partial charge in [-0.2, -0.15) is 13.2 Å². The first-order valence-corrected chi connectivity index (χ1v) is 12.7. The van der Waals surface area contributed by atoms with Crippen molar-refractivity contribution >= 4 is 23.2 Å². The molecular formula is C26H26F3N7O4. The van der Waals surface area contributed by atoms with Crippen LogP contribution in [0.25, 0.3) is 11.4 Å². The molecule has 2 saturated heterocycles. The van der Waals surface area contributed by atoms with Crippen LogP contribution in [0.5, 0.6) is 6.01 Å². The molecule has 6 rings (SSSR count). The topological polar surface area (TPSA) is 115 Å². The van der Waals surface area contributed by atoms with E-state index in [9.17, 15) is 18.0 Å². The molecule has 2 aromatic heterocycles. The Morgan fingerprint density at radius 2 is 2.00 bits per heavy atom. The van der Waals surface area contributed by atoms with Gasteiger partial charge < -0.3 is 24.4 Å². The van der Waals surface area contributed by atoms with Crippen molar-refractivity contribution in [1.82, 2.24) is 19.9 Å². The second-order valence-corrected chi connectivity index (χ2v) is 10.2. The van der Waals surface area contributed by atoms with Crippen molar-refractivity contribution in [3.05, 3.63) is 48.4 Å². The minimum absolute atomic E-state index is 0.0926. The van der Waals surface area contributed by atoms with Gasteiger partial charge in [0.05, 0.1) is 48.2 Å². The first-order chi connectivity index (χ1) is 19.1. The number of carbonyl (C=O) groups is 1. The second-order valence-electron chi connectivity index (χ2n) is 10.2. The van der Waals surface area contributed by atoms with Gasteiger partial charge in [-0.1, -0.05) is 12.1 Å². The molecule has 1 N–H and O–H groups in total. The molecule has 0 spiro atoms. The Bertz CT molecular complexity index is 1420. The third kappa shape index (κ3) is 5.23. The van der Waals surface area contributed by atoms with Crippen LogP contribution in [0, 0.1) is 0 Å². The van der Waals surface area contributed by atoms with Crippen molar-refractivity contribution in [2.24, 2.45) is 0 Å². The zero-order valence-corrected chi connectivity index (χ0v) is 21.7. The van der Waals surface area contributed by atoms with Crippen LogP contribution < -0.4 is 19.9 Å². The van der Waals surface area contributed by atoms with Crippen LogP contribution in [-0.2, 0) is 15.7 Å². The largest absolute Gasteiger partial charge is 0.461 e. The zero-order chi connectivity index (χ0) is 28.1. The summed E-state index contributed by atoms with van der Waals surface area (Å²) in [6, 6.07) is 4.30. The van der Waals surface area contributed by atoms with Crippen LogP contribution in [0.1, 0.15) is 25.8 Å². The van der Waals surface area contributed by atoms with Crippen molar-refractivity contribution in [3.63, 3.8) is 0 Å². The maximum atomic E-state index is 13.5. The Balaban J connectivity index is 1.19. The summed E-state index contributed by atoms with van der Waals surface area (Å²) in [7, 11) is 0. The molecule has 3 aromatic rings. The van der Waals surface area contributed by atoms with Crippen molar-refractivity contribution in [2.45, 2.75) is 44.4 Å². The van der Waals surface area contributed by atoms with E-state index in [0.29, 0.717) is 43.3 Å². The van der Waals surface area contributed by atoms with Gasteiger partial charge in [0.25, 0.3) is 0 Å². The van der Waals surface area contributed by atoms with Gasteiger partial charge in [-0.3, -0.25) is 4.90 Å². The SMILES string of the molecule is CC1(C)OC[C@H](COc2ncc(NC(=O)N3c4nc(-c5cccc(C(F)(F)F)c5)ncc4N4CCC3C4)cn2)O1. The van der Waals surface area contributed by atoms with E-state index < -0.39 is 23.6 Å². The molecule has 5 heterocycles. The Morgan fingerprint density at radius 3 is 2.73 bits per heavy atom. The molecule has 2 fully saturated rings. The number of carbonyl (C=O) groups excluding carboxylic acids is 1. The number of anilines is 3. The van der Waals surface area contributed by atoms with E-state index in [2.05, 4.69) is 30.2 Å². The molecule has 14 heteroatoms. The summed E-state index contributed by atoms with van der Waals surface area (Å²) in [4.78, 5) is 34.2. The number of aromatic nitrogens is 4. The number of hydrogen-bond donors (Lipinski definition) is 1. The van der Waals surface area contributed by atoms with E-state index in [0.717, 1.165) is 12.1 Å². The molecule has 210 valence electrons. The van der Waals surface area contributed by atoms with Crippen molar-refractivity contribution in [3.8, 4) is 17.4 Å². The number of nitrogens with zero attached hydrogens (tertiary/aromatic N) is 6. The molecular weight excluding hydrogens is 531 g/mol. The fourth-order valence-electron chi connectivity index (χ4n) is 5.00. The summed E-state index contributed by atoms with van der Waals surface area (Å²) < 4.78 is 56.6. The quantitative estimate of drug-likeness (QED) is 0.495. The van der Waals surface area contributed by atoms with Crippen LogP contribution in [0.2, 0.25) is 0 Å². The molecule has 2 bridgehead atoms. The second kappa shape index (κ2) is 9.86. The summed E-state index contributed by atoms with van der Waals surface area (Å²) in [5.41, 5.74) is 0.382. The number of urea groups is 1. The zero-order valence-electron chi connectivity index (χ0n) is 21.7. The number of ether oxygens (including phenoxy) is 3. The summed E-state index contributed by atoms with van der Waals surface area (Å²) in [6.07, 6.45) is 0.363. The molecule has 2 amide bonds. The predicted molar refractivity (Wildman–Crippen MR) is 137 cm³/mol. The fraction of sp³-hybridized carbons (Fsp3) is 0.423. The van der Waals surface area contributed by atoms with E-state index in [4.69, 9.17) is 14.2 Å². The van der Waals surface area contributed by atoms with Gasteiger partial charge in [-0.15, -0.1) is 0 Å². The maximum Gasteiger partial charge on any atom is 0.416 e. The highest BCUT2D eigenvalue weighted by atomic mass is 19.4. The lowest BCUT2D eigenvalue weighted by Gasteiger charge is -2.35. The average molecular weight is 558 g/mol. The van der Waals surface area contributed by atoms with Gasteiger partial charge >= 0.3 is 18.2 Å². The number of nitrogens with one attached hydrogen (secondary N) is 1. The standard InChI is InChI=1S/C26H26F3N7O4/c1-25(2)39-14-19(40-25)13-38-23-31-9-17(10-32-23)33-24(37)36-18-6-7-35(12-18)20-11-30-21(34-22(20)36)15-4-3-5-16(8-15)26(27,28)29/h3-5,8-11,18-19H,6-7,12-14H2,1-2H3,(H,33,37)/t18?,19-/m0/s1. The van der Waals surface area contributed by atoms with Gasteiger partial charge in [0.2, 0.25) is 0 Å². The van der Waals surface area contributed by atoms with E-state index in [1.54, 1.807) is 6.20 Å². The average Bonchev–Trinajstić information content (AvgIpc) is 3.50. The lowest BCUT2D eigenvalue weighted by atomic mass is 10.1. The maximum absolute atomic E-state index is 13.5. The van der Waals surface area contributed by atoms with Crippen LogP contribution in [-0.4, -0.2) is 70.2 Å². The molecule has 2 atom stereocenters. The number of benzene rings is 1. The Morgan fingerprint density at radius 1 is 1.20 bits per heavy atom. The number of fused-ring (bicyclic) bond motifs is 4. The van der Waals surface area contributed by atoms with E-state index in [-0.39, 0.29) is 36.2 Å². The highest BCUT2D eigenvalue weighted by molar-refractivity contribution is 6.04. The number of hydrogen-bond acceptors (Lipinski definition) is 9. The summed E-state index contributed by atoms with van der Waals surface area (Å²) in [6.45, 7) is 5.56. The third-order valence-electron chi connectivity index (χ3n) is 6.86. The summed E-state index contributed by atoms with van der Waals surface area (Å²) in [5.74, 6) is -0.239. The van der Waals surface area contributed by atoms with Gasteiger partial charge in [-0.25, -0.2) is 24.7 Å². The molecule has 1 unspecified atom stereocenters. The number of amides is 2. The van der Waals surface area contributed by atoms with Gasteiger partial charge in [0.15, 0.2) is 17.4 Å². The number of alkyl halides is 3. The van der Waals surface area contributed by atoms with Gasteiger partial charge in [0.1, 0.15) is 12.7 Å². The van der Waals surface area contributed by atoms with Crippen molar-refractivity contribution in [1.29, 1.82) is 0 Å². The van der Waals surface area contributed by atoms with Crippen molar-refractivity contribution in [2.75, 3.05) is 41.4 Å². The lowest BCUT2D eigenvalue weighted by molar-refractivity contribution is -0.141. The smallest absolute Gasteiger partial charge is 0.416 e. The molecule has 3 aliphatic heterocycles. The third-order valence-corrected chi connectivity index (χ3v) is 6.86. The molecule has 11 nitrogen and oxygen atoms in total. The van der Waals surface area contributed by atoms with Crippen LogP contribution in [0.15, 0.2) is 42.9 Å². The molecule has 0 saturated carbocycles. The Labute approximate surface area is 227 Å². The summed E-state index contributed by atoms with van der Waals surface area (Å²) >= 11 is 0. The number of halogens is 3. The lowest BCUT2D eigenvalue weighted by Crippen LogP contribution is -2.48. The Kier molecular flexibility index (Phi) is 6.45. The van der Waals surface area contributed by atoms with E-state index in [1.807, 2.05) is 13.8 Å². The summed E-state index contributed by atoms with van der Waals surface area (Å²) in [5, 5.41) is 2.79. The predicted octanol–water partition coefficient (Wildman–Crippen LogP) is 4.11. The molecule has 0 aliphatic carbocycles. The normalized spacial score (nSPS) is 21.3. The molecule has 1 aromatic carbocycles. The molecule has 3 aliphatic rings. The van der Waals surface area contributed by atoms with Crippen LogP contribution in [0.3, 0.4) is 0 Å². The van der Waals surface area contributed by atoms with E-state index in [1.165, 1.54) is 29.4 Å². The van der Waals surface area contributed by atoms with Crippen LogP contribution >= 0.6 is 0 Å². The highest BCUT2D eigenvalue weighted by Gasteiger charge is 2.41. The van der Waals surface area contributed by atoms with Crippen molar-refractivity contribution < 1.29 is 32.2 Å². The minimum Gasteiger partial charge on any atom is -0.461 e. The Hall–Kier alpha value is -4.04. The van der Waals surface area contributed by atoms with Gasteiger partial charge in [-0.05, 0) is 32.4 Å². The fourth-order valence-corrected chi connectivity index (χ4v) is 5.00. The molecule has 0 radical (unpaired) electrons. The first kappa shape index (κ1) is 26.2. The first-order valence-electron chi connectivity index (χ1n) is 12.7.